The Balaban J connectivity index is 2.71. The summed E-state index contributed by atoms with van der Waals surface area (Å²) < 4.78 is 5.39. The van der Waals surface area contributed by atoms with Crippen LogP contribution in [0.25, 0.3) is 0 Å². The lowest BCUT2D eigenvalue weighted by Gasteiger charge is -2.19. The lowest BCUT2D eigenvalue weighted by atomic mass is 9.94. The molecule has 1 aromatic heterocycles. The predicted molar refractivity (Wildman–Crippen MR) is 66.6 cm³/mol. The Labute approximate surface area is 106 Å². The molecule has 1 rings (SSSR count). The molecule has 0 spiro atoms. The van der Waals surface area contributed by atoms with Gasteiger partial charge in [-0.3, -0.25) is 9.59 Å². The van der Waals surface area contributed by atoms with Crippen LogP contribution < -0.4 is 5.32 Å². The van der Waals surface area contributed by atoms with Gasteiger partial charge < -0.3 is 14.8 Å². The summed E-state index contributed by atoms with van der Waals surface area (Å²) in [5.41, 5.74) is -0.235. The Hall–Kier alpha value is -1.78. The Kier molecular flexibility index (Phi) is 4.16. The number of nitrogens with one attached hydrogen (secondary N) is 1. The molecule has 0 radical (unpaired) electrons. The van der Waals surface area contributed by atoms with Gasteiger partial charge in [0.2, 0.25) is 0 Å². The van der Waals surface area contributed by atoms with E-state index in [1.807, 2.05) is 13.0 Å². The molecule has 0 fully saturated rings. The fourth-order valence-corrected chi connectivity index (χ4v) is 1.40. The van der Waals surface area contributed by atoms with Crippen molar-refractivity contribution in [1.82, 2.24) is 5.32 Å². The number of hydrogen-bond acceptors (Lipinski definition) is 3. The van der Waals surface area contributed by atoms with Gasteiger partial charge in [0.15, 0.2) is 5.76 Å². The lowest BCUT2D eigenvalue weighted by molar-refractivity contribution is -0.146. The number of carbonyl (C=O) groups is 2. The van der Waals surface area contributed by atoms with E-state index in [1.54, 1.807) is 20.8 Å². The molecule has 1 amide bonds. The van der Waals surface area contributed by atoms with E-state index < -0.39 is 11.4 Å². The van der Waals surface area contributed by atoms with Crippen molar-refractivity contribution in [3.63, 3.8) is 0 Å². The highest BCUT2D eigenvalue weighted by Crippen LogP contribution is 2.17. The first-order valence-corrected chi connectivity index (χ1v) is 5.89. The minimum absolute atomic E-state index is 0.0583. The van der Waals surface area contributed by atoms with Crippen LogP contribution in [0, 0.1) is 12.3 Å². The van der Waals surface area contributed by atoms with Gasteiger partial charge in [-0.15, -0.1) is 0 Å². The summed E-state index contributed by atoms with van der Waals surface area (Å²) in [6, 6.07) is 1.82. The molecule has 0 aromatic carbocycles. The fraction of sp³-hybridized carbons (Fsp3) is 0.538. The van der Waals surface area contributed by atoms with Gasteiger partial charge in [0.1, 0.15) is 5.76 Å². The van der Waals surface area contributed by atoms with E-state index in [0.717, 1.165) is 17.7 Å². The Morgan fingerprint density at radius 1 is 1.44 bits per heavy atom. The fourth-order valence-electron chi connectivity index (χ4n) is 1.40. The summed E-state index contributed by atoms with van der Waals surface area (Å²) in [6.07, 6.45) is 0.717. The topological polar surface area (TPSA) is 79.5 Å². The van der Waals surface area contributed by atoms with Crippen LogP contribution in [0.5, 0.6) is 0 Å². The van der Waals surface area contributed by atoms with E-state index in [4.69, 9.17) is 9.52 Å². The van der Waals surface area contributed by atoms with E-state index in [2.05, 4.69) is 5.32 Å². The summed E-state index contributed by atoms with van der Waals surface area (Å²) in [5.74, 6) is -0.321. The SMILES string of the molecule is CCc1cc(C)c(C(=O)NCC(C)(C)C(=O)O)o1. The molecule has 0 bridgehead atoms. The number of carboxylic acid groups (broad SMARTS) is 1. The van der Waals surface area contributed by atoms with Crippen molar-refractivity contribution in [2.75, 3.05) is 6.54 Å². The molecule has 0 aliphatic heterocycles. The van der Waals surface area contributed by atoms with Gasteiger partial charge in [-0.05, 0) is 26.8 Å². The molecule has 0 aliphatic rings. The lowest BCUT2D eigenvalue weighted by Crippen LogP contribution is -2.38. The summed E-state index contributed by atoms with van der Waals surface area (Å²) in [7, 11) is 0. The van der Waals surface area contributed by atoms with Crippen molar-refractivity contribution in [1.29, 1.82) is 0 Å². The quantitative estimate of drug-likeness (QED) is 0.841. The van der Waals surface area contributed by atoms with Crippen LogP contribution in [0.15, 0.2) is 10.5 Å². The minimum atomic E-state index is -0.996. The molecule has 0 aliphatic carbocycles. The first kappa shape index (κ1) is 14.3. The third kappa shape index (κ3) is 3.12. The maximum Gasteiger partial charge on any atom is 0.310 e. The van der Waals surface area contributed by atoms with Crippen LogP contribution in [0.3, 0.4) is 0 Å². The van der Waals surface area contributed by atoms with Gasteiger partial charge >= 0.3 is 5.97 Å². The molecule has 0 saturated heterocycles. The molecule has 1 aromatic rings. The largest absolute Gasteiger partial charge is 0.481 e. The Morgan fingerprint density at radius 3 is 2.50 bits per heavy atom. The monoisotopic (exact) mass is 253 g/mol. The van der Waals surface area contributed by atoms with E-state index >= 15 is 0 Å². The highest BCUT2D eigenvalue weighted by atomic mass is 16.4. The molecule has 0 unspecified atom stereocenters. The predicted octanol–water partition coefficient (Wildman–Crippen LogP) is 1.99. The average molecular weight is 253 g/mol. The first-order chi connectivity index (χ1) is 8.27. The van der Waals surface area contributed by atoms with Crippen LogP contribution >= 0.6 is 0 Å². The minimum Gasteiger partial charge on any atom is -0.481 e. The van der Waals surface area contributed by atoms with Gasteiger partial charge in [-0.25, -0.2) is 0 Å². The van der Waals surface area contributed by atoms with E-state index in [0.29, 0.717) is 0 Å². The number of amides is 1. The molecule has 5 heteroatoms. The van der Waals surface area contributed by atoms with E-state index in [-0.39, 0.29) is 18.2 Å². The van der Waals surface area contributed by atoms with Crippen molar-refractivity contribution < 1.29 is 19.1 Å². The van der Waals surface area contributed by atoms with E-state index in [1.165, 1.54) is 0 Å². The number of carbonyl (C=O) groups excluding carboxylic acids is 1. The second-order valence-corrected chi connectivity index (χ2v) is 4.95. The van der Waals surface area contributed by atoms with Gasteiger partial charge in [-0.1, -0.05) is 6.92 Å². The van der Waals surface area contributed by atoms with Crippen molar-refractivity contribution in [3.05, 3.63) is 23.2 Å². The third-order valence-electron chi connectivity index (χ3n) is 2.79. The van der Waals surface area contributed by atoms with Crippen LogP contribution in [0.4, 0.5) is 0 Å². The second-order valence-electron chi connectivity index (χ2n) is 4.95. The summed E-state index contributed by atoms with van der Waals surface area (Å²) >= 11 is 0. The molecule has 1 heterocycles. The number of aliphatic carboxylic acids is 1. The second kappa shape index (κ2) is 5.25. The summed E-state index contributed by atoms with van der Waals surface area (Å²) in [5, 5.41) is 11.5. The molecule has 0 atom stereocenters. The number of hydrogen-bond donors (Lipinski definition) is 2. The molecule has 0 saturated carbocycles. The summed E-state index contributed by atoms with van der Waals surface area (Å²) in [6.45, 7) is 6.90. The van der Waals surface area contributed by atoms with Crippen LogP contribution in [-0.4, -0.2) is 23.5 Å². The molecular formula is C13H19NO4. The molecule has 2 N–H and O–H groups in total. The number of furan rings is 1. The molecular weight excluding hydrogens is 234 g/mol. The zero-order valence-corrected chi connectivity index (χ0v) is 11.2. The van der Waals surface area contributed by atoms with Gasteiger partial charge in [0.05, 0.1) is 5.41 Å². The Bertz CT molecular complexity index is 460. The standard InChI is InChI=1S/C13H19NO4/c1-5-9-6-8(2)10(18-9)11(15)14-7-13(3,4)12(16)17/h6H,5,7H2,1-4H3,(H,14,15)(H,16,17). The average Bonchev–Trinajstić information content (AvgIpc) is 2.67. The van der Waals surface area contributed by atoms with Crippen molar-refractivity contribution in [2.45, 2.75) is 34.1 Å². The highest BCUT2D eigenvalue weighted by molar-refractivity contribution is 5.93. The van der Waals surface area contributed by atoms with E-state index in [9.17, 15) is 9.59 Å². The normalized spacial score (nSPS) is 11.3. The molecule has 100 valence electrons. The zero-order chi connectivity index (χ0) is 13.9. The maximum absolute atomic E-state index is 11.9. The van der Waals surface area contributed by atoms with Crippen LogP contribution in [0.1, 0.15) is 42.6 Å². The number of rotatable bonds is 5. The molecule has 5 nitrogen and oxygen atoms in total. The smallest absolute Gasteiger partial charge is 0.310 e. The summed E-state index contributed by atoms with van der Waals surface area (Å²) in [4.78, 5) is 22.8. The van der Waals surface area contributed by atoms with Gasteiger partial charge in [-0.2, -0.15) is 0 Å². The van der Waals surface area contributed by atoms with Crippen molar-refractivity contribution in [3.8, 4) is 0 Å². The van der Waals surface area contributed by atoms with Crippen LogP contribution in [0.2, 0.25) is 0 Å². The molecule has 18 heavy (non-hydrogen) atoms. The zero-order valence-electron chi connectivity index (χ0n) is 11.2. The third-order valence-corrected chi connectivity index (χ3v) is 2.79. The van der Waals surface area contributed by atoms with Gasteiger partial charge in [0, 0.05) is 18.5 Å². The van der Waals surface area contributed by atoms with Gasteiger partial charge in [0.25, 0.3) is 5.91 Å². The maximum atomic E-state index is 11.9. The van der Waals surface area contributed by atoms with Crippen molar-refractivity contribution >= 4 is 11.9 Å². The highest BCUT2D eigenvalue weighted by Gasteiger charge is 2.28. The number of aryl methyl sites for hydroxylation is 2. The Morgan fingerprint density at radius 2 is 2.06 bits per heavy atom. The van der Waals surface area contributed by atoms with Crippen molar-refractivity contribution in [2.24, 2.45) is 5.41 Å². The first-order valence-electron chi connectivity index (χ1n) is 5.89. The number of carboxylic acids is 1. The van der Waals surface area contributed by atoms with Crippen LogP contribution in [-0.2, 0) is 11.2 Å².